The summed E-state index contributed by atoms with van der Waals surface area (Å²) in [5, 5.41) is 11.5. The molecule has 2 atom stereocenters. The molecule has 0 aromatic heterocycles. The van der Waals surface area contributed by atoms with Gasteiger partial charge in [-0.05, 0) is 48.9 Å². The molecule has 2 unspecified atom stereocenters. The number of nitrogens with zero attached hydrogens (tertiary/aromatic N) is 2. The molecule has 144 valence electrons. The van der Waals surface area contributed by atoms with Crippen molar-refractivity contribution in [2.75, 3.05) is 11.9 Å². The van der Waals surface area contributed by atoms with Crippen molar-refractivity contribution in [3.8, 4) is 0 Å². The molecule has 6 nitrogen and oxygen atoms in total. The first kappa shape index (κ1) is 20.0. The fourth-order valence-corrected chi connectivity index (χ4v) is 4.02. The molecule has 0 aliphatic heterocycles. The minimum atomic E-state index is -3.91. The van der Waals surface area contributed by atoms with Crippen LogP contribution < -0.4 is 5.32 Å². The quantitative estimate of drug-likeness (QED) is 0.340. The topological polar surface area (TPSA) is 83.3 Å². The van der Waals surface area contributed by atoms with Crippen LogP contribution in [-0.2, 0) is 9.09 Å². The first-order valence-corrected chi connectivity index (χ1v) is 10.6. The van der Waals surface area contributed by atoms with Gasteiger partial charge in [0.15, 0.2) is 5.78 Å². The Morgan fingerprint density at radius 2 is 1.43 bits per heavy atom. The maximum absolute atomic E-state index is 12.7. The van der Waals surface area contributed by atoms with Gasteiger partial charge in [-0.1, -0.05) is 48.5 Å². The molecule has 0 radical (unpaired) electrons. The van der Waals surface area contributed by atoms with Crippen LogP contribution in [0.1, 0.15) is 18.3 Å². The standard InChI is InChI=1S/C21H22N3O3P/c1-2-27-28(25,26)21(17-9-5-3-6-10-17)22-18-13-15-20(16-14-18)24-23-19-11-7-4-8-12-19/h3-16,21-22H,2H2,1H3,(H,25,26). The molecule has 3 aromatic rings. The number of hydrogen-bond donors (Lipinski definition) is 2. The van der Waals surface area contributed by atoms with E-state index in [1.165, 1.54) is 0 Å². The van der Waals surface area contributed by atoms with Crippen molar-refractivity contribution in [3.05, 3.63) is 90.5 Å². The third kappa shape index (κ3) is 5.36. The summed E-state index contributed by atoms with van der Waals surface area (Å²) in [6.45, 7) is 1.84. The van der Waals surface area contributed by atoms with E-state index in [-0.39, 0.29) is 6.61 Å². The van der Waals surface area contributed by atoms with E-state index in [0.717, 1.165) is 5.69 Å². The second kappa shape index (κ2) is 9.42. The highest BCUT2D eigenvalue weighted by Crippen LogP contribution is 2.56. The van der Waals surface area contributed by atoms with Gasteiger partial charge in [0.2, 0.25) is 0 Å². The molecule has 28 heavy (non-hydrogen) atoms. The maximum Gasteiger partial charge on any atom is 0.354 e. The smallest absolute Gasteiger partial charge is 0.354 e. The van der Waals surface area contributed by atoms with Gasteiger partial charge in [0, 0.05) is 5.69 Å². The summed E-state index contributed by atoms with van der Waals surface area (Å²) in [5.41, 5.74) is 2.81. The van der Waals surface area contributed by atoms with Crippen LogP contribution in [-0.4, -0.2) is 11.5 Å². The molecule has 0 amide bonds. The van der Waals surface area contributed by atoms with Crippen LogP contribution in [0.3, 0.4) is 0 Å². The van der Waals surface area contributed by atoms with Gasteiger partial charge < -0.3 is 14.7 Å². The Bertz CT molecular complexity index is 948. The zero-order chi connectivity index (χ0) is 19.8. The molecule has 0 saturated carbocycles. The van der Waals surface area contributed by atoms with Gasteiger partial charge in [-0.3, -0.25) is 4.57 Å². The zero-order valence-corrected chi connectivity index (χ0v) is 16.4. The monoisotopic (exact) mass is 395 g/mol. The van der Waals surface area contributed by atoms with E-state index in [4.69, 9.17) is 4.52 Å². The molecular weight excluding hydrogens is 373 g/mol. The summed E-state index contributed by atoms with van der Waals surface area (Å²) in [5.74, 6) is -0.870. The van der Waals surface area contributed by atoms with Gasteiger partial charge in [-0.15, -0.1) is 0 Å². The van der Waals surface area contributed by atoms with Crippen LogP contribution in [0.15, 0.2) is 95.2 Å². The molecule has 0 aliphatic rings. The first-order valence-electron chi connectivity index (χ1n) is 8.94. The SMILES string of the molecule is CCOP(=O)(O)C(Nc1ccc(N=Nc2ccccc2)cc1)c1ccccc1. The molecule has 0 spiro atoms. The van der Waals surface area contributed by atoms with Crippen molar-refractivity contribution in [2.24, 2.45) is 10.2 Å². The van der Waals surface area contributed by atoms with Crippen molar-refractivity contribution < 1.29 is 14.0 Å². The van der Waals surface area contributed by atoms with Crippen LogP contribution >= 0.6 is 7.60 Å². The Balaban J connectivity index is 1.78. The van der Waals surface area contributed by atoms with Gasteiger partial charge in [-0.25, -0.2) is 0 Å². The minimum absolute atomic E-state index is 0.150. The fourth-order valence-electron chi connectivity index (χ4n) is 2.64. The molecule has 0 saturated heterocycles. The van der Waals surface area contributed by atoms with Crippen molar-refractivity contribution >= 4 is 24.7 Å². The van der Waals surface area contributed by atoms with E-state index < -0.39 is 13.4 Å². The molecular formula is C21H22N3O3P. The van der Waals surface area contributed by atoms with Gasteiger partial charge in [0.1, 0.15) is 0 Å². The van der Waals surface area contributed by atoms with Crippen molar-refractivity contribution in [2.45, 2.75) is 12.7 Å². The lowest BCUT2D eigenvalue weighted by Gasteiger charge is -2.24. The third-order valence-corrected chi connectivity index (χ3v) is 5.67. The van der Waals surface area contributed by atoms with Crippen molar-refractivity contribution in [1.29, 1.82) is 0 Å². The average molecular weight is 395 g/mol. The van der Waals surface area contributed by atoms with Gasteiger partial charge in [-0.2, -0.15) is 10.2 Å². The van der Waals surface area contributed by atoms with Crippen LogP contribution in [0, 0.1) is 0 Å². The maximum atomic E-state index is 12.7. The lowest BCUT2D eigenvalue weighted by atomic mass is 10.2. The molecule has 0 fully saturated rings. The number of azo groups is 1. The van der Waals surface area contributed by atoms with E-state index in [1.54, 1.807) is 43.3 Å². The first-order chi connectivity index (χ1) is 13.6. The fraction of sp³-hybridized carbons (Fsp3) is 0.143. The molecule has 3 aromatic carbocycles. The number of anilines is 1. The predicted molar refractivity (Wildman–Crippen MR) is 111 cm³/mol. The van der Waals surface area contributed by atoms with E-state index in [9.17, 15) is 9.46 Å². The molecule has 3 rings (SSSR count). The third-order valence-electron chi connectivity index (χ3n) is 3.96. The summed E-state index contributed by atoms with van der Waals surface area (Å²) in [6, 6.07) is 25.7. The van der Waals surface area contributed by atoms with Crippen molar-refractivity contribution in [1.82, 2.24) is 0 Å². The van der Waals surface area contributed by atoms with Crippen LogP contribution in [0.2, 0.25) is 0 Å². The summed E-state index contributed by atoms with van der Waals surface area (Å²) >= 11 is 0. The highest BCUT2D eigenvalue weighted by atomic mass is 31.2. The molecule has 7 heteroatoms. The number of benzene rings is 3. The molecule has 0 bridgehead atoms. The van der Waals surface area contributed by atoms with Gasteiger partial charge in [0.05, 0.1) is 18.0 Å². The Labute approximate surface area is 164 Å². The lowest BCUT2D eigenvalue weighted by molar-refractivity contribution is 0.267. The summed E-state index contributed by atoms with van der Waals surface area (Å²) in [7, 11) is -3.91. The van der Waals surface area contributed by atoms with Gasteiger partial charge in [0.25, 0.3) is 0 Å². The highest BCUT2D eigenvalue weighted by molar-refractivity contribution is 7.53. The number of hydrogen-bond acceptors (Lipinski definition) is 5. The van der Waals surface area contributed by atoms with Crippen LogP contribution in [0.25, 0.3) is 0 Å². The highest BCUT2D eigenvalue weighted by Gasteiger charge is 2.33. The summed E-state index contributed by atoms with van der Waals surface area (Å²) in [6.07, 6.45) is 0. The average Bonchev–Trinajstić information content (AvgIpc) is 2.72. The van der Waals surface area contributed by atoms with Crippen molar-refractivity contribution in [3.63, 3.8) is 0 Å². The molecule has 0 heterocycles. The Hall–Kier alpha value is -2.79. The van der Waals surface area contributed by atoms with E-state index in [1.807, 2.05) is 48.5 Å². The van der Waals surface area contributed by atoms with Crippen LogP contribution in [0.5, 0.6) is 0 Å². The summed E-state index contributed by atoms with van der Waals surface area (Å²) < 4.78 is 17.8. The van der Waals surface area contributed by atoms with E-state index in [2.05, 4.69) is 15.5 Å². The van der Waals surface area contributed by atoms with Crippen LogP contribution in [0.4, 0.5) is 17.1 Å². The van der Waals surface area contributed by atoms with E-state index in [0.29, 0.717) is 16.9 Å². The molecule has 0 aliphatic carbocycles. The normalized spacial score (nSPS) is 14.5. The number of nitrogens with one attached hydrogen (secondary N) is 1. The Kier molecular flexibility index (Phi) is 6.71. The largest absolute Gasteiger partial charge is 0.368 e. The van der Waals surface area contributed by atoms with Gasteiger partial charge >= 0.3 is 7.60 Å². The van der Waals surface area contributed by atoms with E-state index >= 15 is 0 Å². The summed E-state index contributed by atoms with van der Waals surface area (Å²) in [4.78, 5) is 10.4. The number of rotatable bonds is 8. The molecule has 2 N–H and O–H groups in total. The second-order valence-electron chi connectivity index (χ2n) is 6.02. The second-order valence-corrected chi connectivity index (χ2v) is 7.92. The Morgan fingerprint density at radius 1 is 0.893 bits per heavy atom. The zero-order valence-electron chi connectivity index (χ0n) is 15.5. The lowest BCUT2D eigenvalue weighted by Crippen LogP contribution is -2.13. The Morgan fingerprint density at radius 3 is 2.00 bits per heavy atom. The minimum Gasteiger partial charge on any atom is -0.368 e. The predicted octanol–water partition coefficient (Wildman–Crippen LogP) is 6.43.